The molecule has 1 aliphatic rings. The minimum atomic E-state index is -0.308. The molecule has 0 amide bonds. The molecule has 2 heterocycles. The summed E-state index contributed by atoms with van der Waals surface area (Å²) in [6, 6.07) is 61.6. The molecule has 0 fully saturated rings. The van der Waals surface area contributed by atoms with E-state index < -0.39 is 0 Å². The second kappa shape index (κ2) is 12.0. The minimum absolute atomic E-state index is 0.308. The second-order valence-electron chi connectivity index (χ2n) is 13.0. The lowest BCUT2D eigenvalue weighted by Gasteiger charge is -2.24. The van der Waals surface area contributed by atoms with Gasteiger partial charge in [-0.05, 0) is 55.9 Å². The van der Waals surface area contributed by atoms with Crippen LogP contribution in [0.2, 0.25) is 0 Å². The van der Waals surface area contributed by atoms with Crippen molar-refractivity contribution in [1.82, 2.24) is 5.32 Å². The molecule has 10 rings (SSSR count). The van der Waals surface area contributed by atoms with Gasteiger partial charge < -0.3 is 9.73 Å². The molecular formula is C47H31N3O. The number of nitrogens with one attached hydrogen (secondary N) is 1. The van der Waals surface area contributed by atoms with Crippen molar-refractivity contribution in [2.75, 3.05) is 0 Å². The van der Waals surface area contributed by atoms with Crippen LogP contribution >= 0.6 is 0 Å². The van der Waals surface area contributed by atoms with Crippen LogP contribution in [0.1, 0.15) is 22.9 Å². The minimum Gasteiger partial charge on any atom is -0.455 e. The first-order valence-electron chi connectivity index (χ1n) is 17.3. The standard InChI is InChI=1S/C47H31N3O/c1-3-11-31(12-4-1)39-17-9-18-40-43-41(19-10-20-42(43)51-44(39)40)47-49-45(33-14-5-2-6-15-33)48-46(50-47)34-24-21-30(22-25-34)35-27-28-38-36(29-35)26-23-32-13-7-8-16-37(32)38/h1-29,45H,(H,48,49,50). The van der Waals surface area contributed by atoms with E-state index in [4.69, 9.17) is 14.4 Å². The van der Waals surface area contributed by atoms with E-state index in [1.54, 1.807) is 0 Å². The van der Waals surface area contributed by atoms with E-state index in [1.807, 2.05) is 36.4 Å². The van der Waals surface area contributed by atoms with Gasteiger partial charge in [0.15, 0.2) is 5.84 Å². The van der Waals surface area contributed by atoms with Crippen molar-refractivity contribution in [3.05, 3.63) is 193 Å². The summed E-state index contributed by atoms with van der Waals surface area (Å²) in [6.45, 7) is 0. The summed E-state index contributed by atoms with van der Waals surface area (Å²) in [6.07, 6.45) is -0.308. The molecule has 1 N–H and O–H groups in total. The first-order chi connectivity index (χ1) is 25.3. The topological polar surface area (TPSA) is 49.9 Å². The SMILES string of the molecule is c1ccc(-c2cccc3c2oc2cccc(C4=NC(c5ccccc5)NC(c5ccc(-c6ccc7c(ccc8ccccc87)c6)cc5)=N4)c23)cc1. The number of furan rings is 1. The molecule has 1 atom stereocenters. The van der Waals surface area contributed by atoms with Gasteiger partial charge in [0.2, 0.25) is 0 Å². The quantitative estimate of drug-likeness (QED) is 0.188. The molecule has 8 aromatic carbocycles. The first kappa shape index (κ1) is 29.2. The van der Waals surface area contributed by atoms with Crippen LogP contribution in [-0.4, -0.2) is 11.7 Å². The Morgan fingerprint density at radius 1 is 0.471 bits per heavy atom. The van der Waals surface area contributed by atoms with Crippen molar-refractivity contribution in [1.29, 1.82) is 0 Å². The third-order valence-electron chi connectivity index (χ3n) is 9.94. The summed E-state index contributed by atoms with van der Waals surface area (Å²) in [5.74, 6) is 1.45. The Hall–Kier alpha value is -6.78. The van der Waals surface area contributed by atoms with E-state index in [0.717, 1.165) is 61.2 Å². The van der Waals surface area contributed by atoms with Crippen LogP contribution in [-0.2, 0) is 0 Å². The van der Waals surface area contributed by atoms with Crippen molar-refractivity contribution in [2.24, 2.45) is 9.98 Å². The first-order valence-corrected chi connectivity index (χ1v) is 17.3. The molecule has 1 unspecified atom stereocenters. The predicted octanol–water partition coefficient (Wildman–Crippen LogP) is 11.7. The zero-order chi connectivity index (χ0) is 33.7. The Labute approximate surface area is 295 Å². The van der Waals surface area contributed by atoms with Crippen LogP contribution in [0, 0.1) is 0 Å². The van der Waals surface area contributed by atoms with Crippen molar-refractivity contribution in [3.8, 4) is 22.3 Å². The van der Waals surface area contributed by atoms with Gasteiger partial charge in [-0.1, -0.05) is 164 Å². The Balaban J connectivity index is 1.07. The number of aliphatic imine (C=N–C) groups is 2. The summed E-state index contributed by atoms with van der Waals surface area (Å²) in [5, 5.41) is 10.7. The van der Waals surface area contributed by atoms with Crippen LogP contribution < -0.4 is 5.32 Å². The Morgan fingerprint density at radius 2 is 1.14 bits per heavy atom. The number of benzene rings is 8. The summed E-state index contributed by atoms with van der Waals surface area (Å²) in [4.78, 5) is 10.4. The normalized spacial score (nSPS) is 14.5. The van der Waals surface area contributed by atoms with Gasteiger partial charge in [0.1, 0.15) is 23.2 Å². The average Bonchev–Trinajstić information content (AvgIpc) is 3.60. The number of hydrogen-bond donors (Lipinski definition) is 1. The van der Waals surface area contributed by atoms with Gasteiger partial charge in [-0.2, -0.15) is 0 Å². The van der Waals surface area contributed by atoms with Crippen molar-refractivity contribution in [3.63, 3.8) is 0 Å². The van der Waals surface area contributed by atoms with Crippen LogP contribution in [0.15, 0.2) is 190 Å². The van der Waals surface area contributed by atoms with Crippen molar-refractivity contribution in [2.45, 2.75) is 6.17 Å². The smallest absolute Gasteiger partial charge is 0.160 e. The molecule has 1 aliphatic heterocycles. The number of hydrogen-bond acceptors (Lipinski definition) is 4. The average molecular weight is 654 g/mol. The van der Waals surface area contributed by atoms with E-state index in [0.29, 0.717) is 5.84 Å². The molecule has 9 aromatic rings. The van der Waals surface area contributed by atoms with Gasteiger partial charge >= 0.3 is 0 Å². The highest BCUT2D eigenvalue weighted by atomic mass is 16.3. The van der Waals surface area contributed by atoms with Crippen LogP contribution in [0.25, 0.3) is 65.7 Å². The molecule has 0 radical (unpaired) electrons. The third kappa shape index (κ3) is 5.08. The van der Waals surface area contributed by atoms with Crippen LogP contribution in [0.3, 0.4) is 0 Å². The number of rotatable bonds is 5. The van der Waals surface area contributed by atoms with Crippen LogP contribution in [0.5, 0.6) is 0 Å². The molecule has 0 saturated heterocycles. The Kier molecular flexibility index (Phi) is 6.85. The lowest BCUT2D eigenvalue weighted by Crippen LogP contribution is -2.33. The number of para-hydroxylation sites is 1. The molecule has 0 spiro atoms. The molecule has 0 bridgehead atoms. The largest absolute Gasteiger partial charge is 0.455 e. The van der Waals surface area contributed by atoms with Gasteiger partial charge in [0.25, 0.3) is 0 Å². The monoisotopic (exact) mass is 653 g/mol. The van der Waals surface area contributed by atoms with Gasteiger partial charge in [-0.15, -0.1) is 0 Å². The maximum atomic E-state index is 6.58. The Morgan fingerprint density at radius 3 is 2.00 bits per heavy atom. The molecule has 240 valence electrons. The summed E-state index contributed by atoms with van der Waals surface area (Å²) >= 11 is 0. The fourth-order valence-electron chi connectivity index (χ4n) is 7.41. The molecule has 0 aliphatic carbocycles. The lowest BCUT2D eigenvalue weighted by molar-refractivity contribution is 0.669. The van der Waals surface area contributed by atoms with Gasteiger partial charge in [-0.25, -0.2) is 9.98 Å². The number of nitrogens with zero attached hydrogens (tertiary/aromatic N) is 2. The number of amidine groups is 2. The highest BCUT2D eigenvalue weighted by Crippen LogP contribution is 2.38. The zero-order valence-electron chi connectivity index (χ0n) is 27.6. The van der Waals surface area contributed by atoms with Crippen molar-refractivity contribution < 1.29 is 4.42 Å². The lowest BCUT2D eigenvalue weighted by atomic mass is 9.97. The third-order valence-corrected chi connectivity index (χ3v) is 9.94. The van der Waals surface area contributed by atoms with E-state index in [9.17, 15) is 0 Å². The molecule has 4 nitrogen and oxygen atoms in total. The molecular weight excluding hydrogens is 623 g/mol. The number of fused-ring (bicyclic) bond motifs is 6. The van der Waals surface area contributed by atoms with E-state index in [2.05, 4.69) is 145 Å². The molecule has 51 heavy (non-hydrogen) atoms. The van der Waals surface area contributed by atoms with E-state index in [-0.39, 0.29) is 6.17 Å². The van der Waals surface area contributed by atoms with E-state index in [1.165, 1.54) is 27.1 Å². The van der Waals surface area contributed by atoms with Crippen LogP contribution in [0.4, 0.5) is 0 Å². The molecule has 4 heteroatoms. The Bertz CT molecular complexity index is 2820. The highest BCUT2D eigenvalue weighted by molar-refractivity contribution is 6.23. The predicted molar refractivity (Wildman–Crippen MR) is 211 cm³/mol. The maximum absolute atomic E-state index is 6.58. The fraction of sp³-hybridized carbons (Fsp3) is 0.0213. The molecule has 1 aromatic heterocycles. The summed E-state index contributed by atoms with van der Waals surface area (Å²) in [7, 11) is 0. The van der Waals surface area contributed by atoms with Gasteiger partial charge in [0, 0.05) is 27.5 Å². The second-order valence-corrected chi connectivity index (χ2v) is 13.0. The fourth-order valence-corrected chi connectivity index (χ4v) is 7.41. The summed E-state index contributed by atoms with van der Waals surface area (Å²) in [5.41, 5.74) is 9.20. The zero-order valence-corrected chi connectivity index (χ0v) is 27.6. The summed E-state index contributed by atoms with van der Waals surface area (Å²) < 4.78 is 6.58. The highest BCUT2D eigenvalue weighted by Gasteiger charge is 2.24. The van der Waals surface area contributed by atoms with Gasteiger partial charge in [0.05, 0.1) is 0 Å². The molecule has 0 saturated carbocycles. The van der Waals surface area contributed by atoms with Crippen molar-refractivity contribution >= 4 is 55.2 Å². The van der Waals surface area contributed by atoms with E-state index >= 15 is 0 Å². The maximum Gasteiger partial charge on any atom is 0.160 e. The van der Waals surface area contributed by atoms with Gasteiger partial charge in [-0.3, -0.25) is 0 Å².